The fourth-order valence-electron chi connectivity index (χ4n) is 3.28. The van der Waals surface area contributed by atoms with E-state index in [9.17, 15) is 9.90 Å². The fraction of sp³-hybridized carbons (Fsp3) is 0.350. The Balaban J connectivity index is 1.69. The first-order valence-electron chi connectivity index (χ1n) is 8.32. The molecule has 1 N–H and O–H groups in total. The number of benzene rings is 2. The van der Waals surface area contributed by atoms with Crippen molar-refractivity contribution in [1.29, 1.82) is 0 Å². The summed E-state index contributed by atoms with van der Waals surface area (Å²) in [6, 6.07) is 17.4. The molecule has 0 saturated carbocycles. The molecule has 1 aliphatic heterocycles. The lowest BCUT2D eigenvalue weighted by atomic mass is 9.84. The Morgan fingerprint density at radius 3 is 2.67 bits per heavy atom. The molecule has 4 heteroatoms. The molecule has 2 aromatic rings. The number of amides is 1. The molecule has 0 bridgehead atoms. The largest absolute Gasteiger partial charge is 0.481 e. The van der Waals surface area contributed by atoms with Crippen LogP contribution in [0.3, 0.4) is 0 Å². The molecule has 1 amide bonds. The van der Waals surface area contributed by atoms with E-state index in [-0.39, 0.29) is 18.6 Å². The second-order valence-corrected chi connectivity index (χ2v) is 6.39. The van der Waals surface area contributed by atoms with E-state index in [0.717, 1.165) is 12.1 Å². The molecule has 0 aromatic heterocycles. The van der Waals surface area contributed by atoms with Gasteiger partial charge in [0.25, 0.3) is 5.91 Å². The molecule has 2 aromatic carbocycles. The Bertz CT molecular complexity index is 701. The smallest absolute Gasteiger partial charge is 0.263 e. The molecule has 4 nitrogen and oxygen atoms in total. The predicted molar refractivity (Wildman–Crippen MR) is 92.5 cm³/mol. The molecule has 1 saturated heterocycles. The minimum Gasteiger partial charge on any atom is -0.481 e. The number of carbonyl (C=O) groups is 1. The third-order valence-electron chi connectivity index (χ3n) is 4.53. The Morgan fingerprint density at radius 1 is 1.25 bits per heavy atom. The van der Waals surface area contributed by atoms with Crippen molar-refractivity contribution in [2.24, 2.45) is 5.92 Å². The second-order valence-electron chi connectivity index (χ2n) is 6.39. The summed E-state index contributed by atoms with van der Waals surface area (Å²) in [5, 5.41) is 9.20. The predicted octanol–water partition coefficient (Wildman–Crippen LogP) is 3.17. The Labute approximate surface area is 142 Å². The van der Waals surface area contributed by atoms with Crippen LogP contribution in [0.5, 0.6) is 5.75 Å². The maximum absolute atomic E-state index is 12.8. The van der Waals surface area contributed by atoms with E-state index in [4.69, 9.17) is 4.74 Å². The van der Waals surface area contributed by atoms with E-state index in [1.165, 1.54) is 5.56 Å². The zero-order chi connectivity index (χ0) is 17.1. The molecule has 126 valence electrons. The summed E-state index contributed by atoms with van der Waals surface area (Å²) in [5.41, 5.74) is 1.94. The summed E-state index contributed by atoms with van der Waals surface area (Å²) in [5.74, 6) is 1.05. The highest BCUT2D eigenvalue weighted by Crippen LogP contribution is 2.38. The number of nitrogens with zero attached hydrogens (tertiary/aromatic N) is 1. The summed E-state index contributed by atoms with van der Waals surface area (Å²) < 4.78 is 5.79. The zero-order valence-corrected chi connectivity index (χ0v) is 14.1. The molecular formula is C20H23NO3. The summed E-state index contributed by atoms with van der Waals surface area (Å²) in [6.45, 7) is 4.65. The fourth-order valence-corrected chi connectivity index (χ4v) is 3.28. The summed E-state index contributed by atoms with van der Waals surface area (Å²) in [4.78, 5) is 14.7. The van der Waals surface area contributed by atoms with Crippen molar-refractivity contribution < 1.29 is 14.6 Å². The van der Waals surface area contributed by atoms with Gasteiger partial charge >= 0.3 is 0 Å². The Morgan fingerprint density at radius 2 is 2.00 bits per heavy atom. The molecule has 0 spiro atoms. The normalized spacial score (nSPS) is 21.0. The average Bonchev–Trinajstić information content (AvgIpc) is 2.60. The third kappa shape index (κ3) is 3.29. The molecule has 0 radical (unpaired) electrons. The Kier molecular flexibility index (Phi) is 4.86. The molecule has 1 aliphatic rings. The number of aliphatic hydroxyl groups excluding tert-OH is 1. The van der Waals surface area contributed by atoms with Crippen molar-refractivity contribution in [3.63, 3.8) is 0 Å². The van der Waals surface area contributed by atoms with E-state index in [1.807, 2.05) is 35.2 Å². The monoisotopic (exact) mass is 325 g/mol. The minimum absolute atomic E-state index is 0.00338. The van der Waals surface area contributed by atoms with Crippen molar-refractivity contribution >= 4 is 5.91 Å². The number of carbonyl (C=O) groups excluding carboxylic acids is 1. The minimum atomic E-state index is -0.558. The molecule has 24 heavy (non-hydrogen) atoms. The van der Waals surface area contributed by atoms with Gasteiger partial charge in [-0.3, -0.25) is 4.79 Å². The van der Waals surface area contributed by atoms with Crippen molar-refractivity contribution in [3.05, 3.63) is 65.7 Å². The van der Waals surface area contributed by atoms with Crippen LogP contribution in [0, 0.1) is 5.92 Å². The first-order valence-corrected chi connectivity index (χ1v) is 8.32. The van der Waals surface area contributed by atoms with Gasteiger partial charge in [-0.25, -0.2) is 0 Å². The van der Waals surface area contributed by atoms with Gasteiger partial charge < -0.3 is 14.7 Å². The molecule has 0 aliphatic carbocycles. The maximum Gasteiger partial charge on any atom is 0.263 e. The van der Waals surface area contributed by atoms with Gasteiger partial charge in [0.15, 0.2) is 6.10 Å². The number of hydrogen-bond acceptors (Lipinski definition) is 3. The topological polar surface area (TPSA) is 49.8 Å². The number of hydrogen-bond donors (Lipinski definition) is 1. The highest BCUT2D eigenvalue weighted by atomic mass is 16.5. The van der Waals surface area contributed by atoms with E-state index >= 15 is 0 Å². The lowest BCUT2D eigenvalue weighted by Crippen LogP contribution is -2.55. The van der Waals surface area contributed by atoms with Gasteiger partial charge in [-0.1, -0.05) is 49.4 Å². The molecule has 3 unspecified atom stereocenters. The highest BCUT2D eigenvalue weighted by molar-refractivity contribution is 5.82. The molecule has 1 heterocycles. The van der Waals surface area contributed by atoms with Crippen LogP contribution in [0.25, 0.3) is 0 Å². The molecule has 3 atom stereocenters. The van der Waals surface area contributed by atoms with Crippen molar-refractivity contribution in [2.75, 3.05) is 6.54 Å². The van der Waals surface area contributed by atoms with Crippen molar-refractivity contribution in [3.8, 4) is 5.75 Å². The van der Waals surface area contributed by atoms with E-state index in [1.54, 1.807) is 19.1 Å². The highest BCUT2D eigenvalue weighted by Gasteiger charge is 2.41. The summed E-state index contributed by atoms with van der Waals surface area (Å²) in [6.07, 6.45) is -0.558. The molecule has 1 fully saturated rings. The van der Waals surface area contributed by atoms with Gasteiger partial charge in [-0.15, -0.1) is 0 Å². The van der Waals surface area contributed by atoms with Crippen molar-refractivity contribution in [2.45, 2.75) is 32.6 Å². The number of rotatable bonds is 5. The molecule has 3 rings (SSSR count). The quantitative estimate of drug-likeness (QED) is 0.918. The number of ether oxygens (including phenoxy) is 1. The van der Waals surface area contributed by atoms with Crippen LogP contribution in [0.4, 0.5) is 0 Å². The van der Waals surface area contributed by atoms with Crippen LogP contribution in [-0.2, 0) is 11.4 Å². The standard InChI is InChI=1S/C20H23NO3/c1-14-12-21(19(14)17-8-4-3-5-9-17)20(23)15(2)24-18-10-6-7-16(11-18)13-22/h3-11,14-15,19,22H,12-13H2,1-2H3. The lowest BCUT2D eigenvalue weighted by molar-refractivity contribution is -0.150. The second kappa shape index (κ2) is 7.05. The van der Waals surface area contributed by atoms with Crippen LogP contribution < -0.4 is 4.74 Å². The van der Waals surface area contributed by atoms with Crippen LogP contribution in [0.1, 0.15) is 31.0 Å². The average molecular weight is 325 g/mol. The first-order chi connectivity index (χ1) is 11.6. The van der Waals surface area contributed by atoms with Crippen molar-refractivity contribution in [1.82, 2.24) is 4.90 Å². The van der Waals surface area contributed by atoms with Gasteiger partial charge in [0.05, 0.1) is 12.6 Å². The van der Waals surface area contributed by atoms with Crippen LogP contribution in [0.2, 0.25) is 0 Å². The zero-order valence-electron chi connectivity index (χ0n) is 14.1. The van der Waals surface area contributed by atoms with Crippen LogP contribution in [0.15, 0.2) is 54.6 Å². The van der Waals surface area contributed by atoms with Gasteiger partial charge in [0.1, 0.15) is 5.75 Å². The molecular weight excluding hydrogens is 302 g/mol. The lowest BCUT2D eigenvalue weighted by Gasteiger charge is -2.47. The van der Waals surface area contributed by atoms with Gasteiger partial charge in [0, 0.05) is 6.54 Å². The van der Waals surface area contributed by atoms with Gasteiger partial charge in [-0.2, -0.15) is 0 Å². The summed E-state index contributed by atoms with van der Waals surface area (Å²) in [7, 11) is 0. The first kappa shape index (κ1) is 16.5. The maximum atomic E-state index is 12.8. The van der Waals surface area contributed by atoms with Gasteiger partial charge in [0.2, 0.25) is 0 Å². The van der Waals surface area contributed by atoms with E-state index in [2.05, 4.69) is 19.1 Å². The van der Waals surface area contributed by atoms with Crippen LogP contribution >= 0.6 is 0 Å². The number of aliphatic hydroxyl groups is 1. The summed E-state index contributed by atoms with van der Waals surface area (Å²) >= 11 is 0. The van der Waals surface area contributed by atoms with E-state index < -0.39 is 6.10 Å². The van der Waals surface area contributed by atoms with E-state index in [0.29, 0.717) is 11.7 Å². The Hall–Kier alpha value is -2.33. The van der Waals surface area contributed by atoms with Gasteiger partial charge in [-0.05, 0) is 36.1 Å². The number of likely N-dealkylation sites (tertiary alicyclic amines) is 1. The SMILES string of the molecule is CC(Oc1cccc(CO)c1)C(=O)N1CC(C)C1c1ccccc1. The third-order valence-corrected chi connectivity index (χ3v) is 4.53. The van der Waals surface area contributed by atoms with Crippen LogP contribution in [-0.4, -0.2) is 28.6 Å².